The van der Waals surface area contributed by atoms with Crippen LogP contribution in [0.5, 0.6) is 0 Å². The van der Waals surface area contributed by atoms with Crippen molar-refractivity contribution in [1.29, 1.82) is 0 Å². The topological polar surface area (TPSA) is 66.7 Å². The molecule has 132 valence electrons. The smallest absolute Gasteiger partial charge is 0.274 e. The van der Waals surface area contributed by atoms with E-state index in [1.165, 1.54) is 0 Å². The van der Waals surface area contributed by atoms with E-state index in [-0.39, 0.29) is 11.8 Å². The van der Waals surface area contributed by atoms with Crippen LogP contribution in [-0.4, -0.2) is 38.7 Å². The van der Waals surface area contributed by atoms with E-state index in [2.05, 4.69) is 10.3 Å². The van der Waals surface area contributed by atoms with Gasteiger partial charge in [-0.15, -0.1) is 0 Å². The molecule has 4 rings (SSSR count). The first-order valence-electron chi connectivity index (χ1n) is 8.75. The number of pyridine rings is 1. The fourth-order valence-corrected chi connectivity index (χ4v) is 3.43. The predicted molar refractivity (Wildman–Crippen MR) is 99.1 cm³/mol. The van der Waals surface area contributed by atoms with Crippen molar-refractivity contribution >= 4 is 23.1 Å². The standard InChI is InChI=1S/C20H20N4O2/c1-14-7-5-11-18-22-16(13-24(14)18)20(26)23-12-6-10-17(23)19(25)21-15-8-3-2-4-9-15/h2-5,7-9,11,13,17H,6,10,12H2,1H3,(H,21,25)/t17-/m0/s1. The number of hydrogen-bond donors (Lipinski definition) is 1. The second kappa shape index (κ2) is 6.63. The van der Waals surface area contributed by atoms with Crippen LogP contribution >= 0.6 is 0 Å². The minimum absolute atomic E-state index is 0.151. The van der Waals surface area contributed by atoms with Crippen molar-refractivity contribution in [3.05, 3.63) is 66.1 Å². The first-order valence-corrected chi connectivity index (χ1v) is 8.75. The van der Waals surface area contributed by atoms with Crippen molar-refractivity contribution in [2.45, 2.75) is 25.8 Å². The van der Waals surface area contributed by atoms with Gasteiger partial charge in [0.2, 0.25) is 5.91 Å². The number of anilines is 1. The van der Waals surface area contributed by atoms with Gasteiger partial charge >= 0.3 is 0 Å². The van der Waals surface area contributed by atoms with E-state index in [9.17, 15) is 9.59 Å². The van der Waals surface area contributed by atoms with E-state index < -0.39 is 6.04 Å². The van der Waals surface area contributed by atoms with Crippen molar-refractivity contribution in [1.82, 2.24) is 14.3 Å². The molecule has 1 aromatic carbocycles. The molecule has 1 saturated heterocycles. The molecule has 1 aliphatic heterocycles. The third-order valence-electron chi connectivity index (χ3n) is 4.77. The number of carbonyl (C=O) groups excluding carboxylic acids is 2. The molecule has 6 heteroatoms. The molecule has 3 aromatic rings. The van der Waals surface area contributed by atoms with Crippen molar-refractivity contribution in [3.63, 3.8) is 0 Å². The maximum absolute atomic E-state index is 13.0. The average molecular weight is 348 g/mol. The number of imidazole rings is 1. The van der Waals surface area contributed by atoms with Gasteiger partial charge in [0.05, 0.1) is 0 Å². The summed E-state index contributed by atoms with van der Waals surface area (Å²) in [4.78, 5) is 31.7. The molecule has 2 aromatic heterocycles. The third-order valence-corrected chi connectivity index (χ3v) is 4.77. The molecule has 3 heterocycles. The van der Waals surface area contributed by atoms with E-state index in [1.807, 2.05) is 59.9 Å². The summed E-state index contributed by atoms with van der Waals surface area (Å²) in [6.07, 6.45) is 3.22. The van der Waals surface area contributed by atoms with Gasteiger partial charge in [0.1, 0.15) is 17.4 Å². The second-order valence-corrected chi connectivity index (χ2v) is 6.53. The van der Waals surface area contributed by atoms with Crippen molar-refractivity contribution < 1.29 is 9.59 Å². The Morgan fingerprint density at radius 1 is 1.12 bits per heavy atom. The van der Waals surface area contributed by atoms with E-state index in [0.717, 1.165) is 23.4 Å². The number of benzene rings is 1. The first kappa shape index (κ1) is 16.3. The molecule has 26 heavy (non-hydrogen) atoms. The molecule has 0 spiro atoms. The summed E-state index contributed by atoms with van der Waals surface area (Å²) in [6, 6.07) is 14.6. The Kier molecular flexibility index (Phi) is 4.16. The van der Waals surface area contributed by atoms with Gasteiger partial charge in [-0.05, 0) is 44.0 Å². The Morgan fingerprint density at radius 2 is 1.92 bits per heavy atom. The van der Waals surface area contributed by atoms with Crippen molar-refractivity contribution in [2.24, 2.45) is 0 Å². The predicted octanol–water partition coefficient (Wildman–Crippen LogP) is 2.89. The lowest BCUT2D eigenvalue weighted by Gasteiger charge is -2.23. The molecule has 6 nitrogen and oxygen atoms in total. The molecule has 0 aliphatic carbocycles. The second-order valence-electron chi connectivity index (χ2n) is 6.53. The van der Waals surface area contributed by atoms with E-state index in [4.69, 9.17) is 0 Å². The highest BCUT2D eigenvalue weighted by Gasteiger charge is 2.35. The van der Waals surface area contributed by atoms with Crippen LogP contribution in [0.4, 0.5) is 5.69 Å². The largest absolute Gasteiger partial charge is 0.325 e. The van der Waals surface area contributed by atoms with Crippen LogP contribution in [0.1, 0.15) is 29.0 Å². The minimum atomic E-state index is -0.464. The van der Waals surface area contributed by atoms with Crippen LogP contribution in [0.3, 0.4) is 0 Å². The van der Waals surface area contributed by atoms with Gasteiger partial charge in [0.15, 0.2) is 0 Å². The number of aryl methyl sites for hydroxylation is 1. The number of amides is 2. The van der Waals surface area contributed by atoms with Gasteiger partial charge in [0, 0.05) is 24.1 Å². The lowest BCUT2D eigenvalue weighted by atomic mass is 10.2. The number of fused-ring (bicyclic) bond motifs is 1. The fourth-order valence-electron chi connectivity index (χ4n) is 3.43. The number of likely N-dealkylation sites (tertiary alicyclic amines) is 1. The third kappa shape index (κ3) is 2.94. The van der Waals surface area contributed by atoms with Crippen LogP contribution in [-0.2, 0) is 4.79 Å². The van der Waals surface area contributed by atoms with Crippen LogP contribution in [0, 0.1) is 6.92 Å². The quantitative estimate of drug-likeness (QED) is 0.791. The normalized spacial score (nSPS) is 16.8. The Labute approximate surface area is 151 Å². The highest BCUT2D eigenvalue weighted by molar-refractivity contribution is 6.01. The van der Waals surface area contributed by atoms with Crippen molar-refractivity contribution in [3.8, 4) is 0 Å². The van der Waals surface area contributed by atoms with Crippen LogP contribution in [0.15, 0.2) is 54.7 Å². The van der Waals surface area contributed by atoms with Crippen LogP contribution in [0.25, 0.3) is 5.65 Å². The molecule has 1 atom stereocenters. The summed E-state index contributed by atoms with van der Waals surface area (Å²) < 4.78 is 1.89. The highest BCUT2D eigenvalue weighted by atomic mass is 16.2. The maximum atomic E-state index is 13.0. The summed E-state index contributed by atoms with van der Waals surface area (Å²) in [5.74, 6) is -0.346. The highest BCUT2D eigenvalue weighted by Crippen LogP contribution is 2.22. The molecule has 1 aliphatic rings. The van der Waals surface area contributed by atoms with Gasteiger partial charge < -0.3 is 14.6 Å². The minimum Gasteiger partial charge on any atom is -0.325 e. The molecular formula is C20H20N4O2. The number of carbonyl (C=O) groups is 2. The number of nitrogens with zero attached hydrogens (tertiary/aromatic N) is 3. The lowest BCUT2D eigenvalue weighted by molar-refractivity contribution is -0.119. The average Bonchev–Trinajstić information content (AvgIpc) is 3.30. The number of rotatable bonds is 3. The van der Waals surface area contributed by atoms with Crippen LogP contribution in [0.2, 0.25) is 0 Å². The monoisotopic (exact) mass is 348 g/mol. The number of aromatic nitrogens is 2. The summed E-state index contributed by atoms with van der Waals surface area (Å²) in [7, 11) is 0. The molecule has 1 N–H and O–H groups in total. The molecular weight excluding hydrogens is 328 g/mol. The Bertz CT molecular complexity index is 964. The first-order chi connectivity index (χ1) is 12.6. The maximum Gasteiger partial charge on any atom is 0.274 e. The van der Waals surface area contributed by atoms with Gasteiger partial charge in [-0.1, -0.05) is 24.3 Å². The van der Waals surface area contributed by atoms with Gasteiger partial charge in [-0.25, -0.2) is 4.98 Å². The zero-order chi connectivity index (χ0) is 18.1. The zero-order valence-electron chi connectivity index (χ0n) is 14.6. The molecule has 1 fully saturated rings. The number of hydrogen-bond acceptors (Lipinski definition) is 3. The molecule has 0 radical (unpaired) electrons. The Morgan fingerprint density at radius 3 is 2.69 bits per heavy atom. The molecule has 0 bridgehead atoms. The molecule has 2 amide bonds. The summed E-state index contributed by atoms with van der Waals surface area (Å²) in [6.45, 7) is 2.54. The lowest BCUT2D eigenvalue weighted by Crippen LogP contribution is -2.43. The van der Waals surface area contributed by atoms with E-state index in [0.29, 0.717) is 18.7 Å². The Balaban J connectivity index is 1.56. The van der Waals surface area contributed by atoms with E-state index in [1.54, 1.807) is 11.1 Å². The fraction of sp³-hybridized carbons (Fsp3) is 0.250. The Hall–Kier alpha value is -3.15. The van der Waals surface area contributed by atoms with Gasteiger partial charge in [-0.2, -0.15) is 0 Å². The molecule has 0 unspecified atom stereocenters. The van der Waals surface area contributed by atoms with Gasteiger partial charge in [-0.3, -0.25) is 9.59 Å². The van der Waals surface area contributed by atoms with Crippen LogP contribution < -0.4 is 5.32 Å². The number of nitrogens with one attached hydrogen (secondary N) is 1. The zero-order valence-corrected chi connectivity index (χ0v) is 14.6. The summed E-state index contributed by atoms with van der Waals surface area (Å²) in [5, 5.41) is 2.90. The number of para-hydroxylation sites is 1. The summed E-state index contributed by atoms with van der Waals surface area (Å²) in [5.41, 5.74) is 2.85. The van der Waals surface area contributed by atoms with Crippen molar-refractivity contribution in [2.75, 3.05) is 11.9 Å². The SMILES string of the molecule is Cc1cccc2nc(C(=O)N3CCC[C@H]3C(=O)Nc3ccccc3)cn12. The van der Waals surface area contributed by atoms with Gasteiger partial charge in [0.25, 0.3) is 5.91 Å². The molecule has 0 saturated carbocycles. The summed E-state index contributed by atoms with van der Waals surface area (Å²) >= 11 is 0. The van der Waals surface area contributed by atoms with E-state index >= 15 is 0 Å².